The van der Waals surface area contributed by atoms with Gasteiger partial charge in [0.15, 0.2) is 0 Å². The second-order valence-electron chi connectivity index (χ2n) is 14.5. The Morgan fingerprint density at radius 3 is 1.40 bits per heavy atom. The zero-order chi connectivity index (χ0) is 38.0. The summed E-state index contributed by atoms with van der Waals surface area (Å²) in [5, 5.41) is 4.89. The summed E-state index contributed by atoms with van der Waals surface area (Å²) in [4.78, 5) is 2.47. The van der Waals surface area contributed by atoms with E-state index in [1.165, 1.54) is 66.1 Å². The molecular weight excluding hydrogens is 687 g/mol. The molecule has 0 aliphatic heterocycles. The first-order valence-electron chi connectivity index (χ1n) is 19.6. The van der Waals surface area contributed by atoms with Gasteiger partial charge in [0.25, 0.3) is 0 Å². The van der Waals surface area contributed by atoms with E-state index in [9.17, 15) is 0 Å². The van der Waals surface area contributed by atoms with Crippen LogP contribution >= 0.6 is 0 Å². The fourth-order valence-corrected chi connectivity index (χ4v) is 8.25. The molecule has 0 aliphatic carbocycles. The minimum atomic E-state index is 1.08. The molecule has 0 spiro atoms. The number of hydrogen-bond donors (Lipinski definition) is 0. The first kappa shape index (κ1) is 34.0. The van der Waals surface area contributed by atoms with Gasteiger partial charge in [0.1, 0.15) is 0 Å². The fraction of sp³-hybridized carbons (Fsp3) is 0. The van der Waals surface area contributed by atoms with Crippen LogP contribution in [0.1, 0.15) is 0 Å². The summed E-state index contributed by atoms with van der Waals surface area (Å²) < 4.78 is 0. The predicted octanol–water partition coefficient (Wildman–Crippen LogP) is 15.8. The molecule has 0 amide bonds. The van der Waals surface area contributed by atoms with Gasteiger partial charge in [0.05, 0.1) is 5.69 Å². The van der Waals surface area contributed by atoms with Gasteiger partial charge < -0.3 is 4.90 Å². The Bertz CT molecular complexity index is 2920. The van der Waals surface area contributed by atoms with Crippen LogP contribution in [-0.4, -0.2) is 0 Å². The van der Waals surface area contributed by atoms with Crippen molar-refractivity contribution in [1.29, 1.82) is 0 Å². The molecule has 0 unspecified atom stereocenters. The zero-order valence-corrected chi connectivity index (χ0v) is 31.5. The van der Waals surface area contributed by atoms with Gasteiger partial charge in [-0.1, -0.05) is 194 Å². The van der Waals surface area contributed by atoms with Crippen molar-refractivity contribution in [2.75, 3.05) is 4.90 Å². The van der Waals surface area contributed by atoms with Crippen LogP contribution in [0.2, 0.25) is 0 Å². The Morgan fingerprint density at radius 1 is 0.246 bits per heavy atom. The van der Waals surface area contributed by atoms with Crippen molar-refractivity contribution in [2.45, 2.75) is 0 Å². The van der Waals surface area contributed by atoms with Crippen LogP contribution in [0.25, 0.3) is 77.2 Å². The molecule has 10 rings (SSSR count). The van der Waals surface area contributed by atoms with Crippen LogP contribution in [-0.2, 0) is 0 Å². The van der Waals surface area contributed by atoms with Crippen LogP contribution in [0, 0.1) is 0 Å². The van der Waals surface area contributed by atoms with Crippen molar-refractivity contribution in [3.8, 4) is 55.6 Å². The second-order valence-corrected chi connectivity index (χ2v) is 14.5. The standard InChI is InChI=1S/C56H39N/c1-4-16-40(17-5-1)44-32-34-50(35-33-44)57(51-38-48(41-18-6-2-7-19-41)37-49(39-51)42-20-8-3-9-21-42)55-29-15-27-53(47-31-30-43-22-10-11-24-46(43)36-47)56(55)54-28-14-25-45-23-12-13-26-52(45)54/h1-39H. The molecule has 0 fully saturated rings. The van der Waals surface area contributed by atoms with Gasteiger partial charge >= 0.3 is 0 Å². The van der Waals surface area contributed by atoms with E-state index in [4.69, 9.17) is 0 Å². The van der Waals surface area contributed by atoms with E-state index in [1.54, 1.807) is 0 Å². The Kier molecular flexibility index (Phi) is 8.95. The molecule has 1 nitrogen and oxygen atoms in total. The van der Waals surface area contributed by atoms with Gasteiger partial charge in [-0.05, 0) is 114 Å². The van der Waals surface area contributed by atoms with Gasteiger partial charge in [-0.2, -0.15) is 0 Å². The second kappa shape index (κ2) is 15.0. The van der Waals surface area contributed by atoms with Crippen LogP contribution in [0.5, 0.6) is 0 Å². The number of anilines is 3. The van der Waals surface area contributed by atoms with Gasteiger partial charge in [-0.25, -0.2) is 0 Å². The number of nitrogens with zero attached hydrogens (tertiary/aromatic N) is 1. The lowest BCUT2D eigenvalue weighted by Crippen LogP contribution is -2.12. The molecule has 0 atom stereocenters. The Morgan fingerprint density at radius 2 is 0.737 bits per heavy atom. The highest BCUT2D eigenvalue weighted by atomic mass is 15.1. The summed E-state index contributed by atoms with van der Waals surface area (Å²) in [5.41, 5.74) is 15.1. The van der Waals surface area contributed by atoms with Gasteiger partial charge in [0.2, 0.25) is 0 Å². The van der Waals surface area contributed by atoms with Crippen LogP contribution < -0.4 is 4.90 Å². The highest BCUT2D eigenvalue weighted by Gasteiger charge is 2.23. The number of fused-ring (bicyclic) bond motifs is 2. The smallest absolute Gasteiger partial charge is 0.0546 e. The summed E-state index contributed by atoms with van der Waals surface area (Å²) in [7, 11) is 0. The largest absolute Gasteiger partial charge is 0.310 e. The van der Waals surface area contributed by atoms with E-state index < -0.39 is 0 Å². The maximum Gasteiger partial charge on any atom is 0.0546 e. The molecule has 57 heavy (non-hydrogen) atoms. The molecule has 0 N–H and O–H groups in total. The van der Waals surface area contributed by atoms with Crippen LogP contribution in [0.4, 0.5) is 17.1 Å². The van der Waals surface area contributed by atoms with Gasteiger partial charge in [-0.15, -0.1) is 0 Å². The predicted molar refractivity (Wildman–Crippen MR) is 243 cm³/mol. The lowest BCUT2D eigenvalue weighted by molar-refractivity contribution is 1.28. The topological polar surface area (TPSA) is 3.24 Å². The molecule has 0 saturated heterocycles. The quantitative estimate of drug-likeness (QED) is 0.151. The maximum absolute atomic E-state index is 2.47. The maximum atomic E-state index is 2.47. The summed E-state index contributed by atoms with van der Waals surface area (Å²) in [6, 6.07) is 85.9. The lowest BCUT2D eigenvalue weighted by atomic mass is 9.88. The van der Waals surface area contributed by atoms with E-state index in [2.05, 4.69) is 241 Å². The average molecular weight is 726 g/mol. The molecular formula is C56H39N. The van der Waals surface area contributed by atoms with Crippen molar-refractivity contribution in [1.82, 2.24) is 0 Å². The molecule has 0 radical (unpaired) electrons. The monoisotopic (exact) mass is 725 g/mol. The van der Waals surface area contributed by atoms with Crippen molar-refractivity contribution < 1.29 is 0 Å². The van der Waals surface area contributed by atoms with E-state index in [0.717, 1.165) is 28.2 Å². The van der Waals surface area contributed by atoms with Crippen molar-refractivity contribution in [3.63, 3.8) is 0 Å². The lowest BCUT2D eigenvalue weighted by Gasteiger charge is -2.30. The molecule has 10 aromatic carbocycles. The molecule has 0 bridgehead atoms. The Hall–Kier alpha value is -7.48. The van der Waals surface area contributed by atoms with Crippen molar-refractivity contribution >= 4 is 38.6 Å². The number of hydrogen-bond acceptors (Lipinski definition) is 1. The van der Waals surface area contributed by atoms with E-state index in [-0.39, 0.29) is 0 Å². The highest BCUT2D eigenvalue weighted by Crippen LogP contribution is 2.49. The fourth-order valence-electron chi connectivity index (χ4n) is 8.25. The molecule has 0 saturated carbocycles. The van der Waals surface area contributed by atoms with Crippen molar-refractivity contribution in [3.05, 3.63) is 237 Å². The first-order chi connectivity index (χ1) is 28.3. The summed E-state index contributed by atoms with van der Waals surface area (Å²) in [6.07, 6.45) is 0. The molecule has 0 aliphatic rings. The first-order valence-corrected chi connectivity index (χ1v) is 19.6. The number of benzene rings is 10. The third-order valence-electron chi connectivity index (χ3n) is 11.0. The SMILES string of the molecule is c1ccc(-c2ccc(N(c3cc(-c4ccccc4)cc(-c4ccccc4)c3)c3cccc(-c4ccc5ccccc5c4)c3-c3cccc4ccccc34)cc2)cc1. The zero-order valence-electron chi connectivity index (χ0n) is 31.5. The Balaban J connectivity index is 1.28. The minimum absolute atomic E-state index is 1.08. The van der Waals surface area contributed by atoms with E-state index in [0.29, 0.717) is 0 Å². The molecule has 10 aromatic rings. The third kappa shape index (κ3) is 6.66. The molecule has 1 heteroatoms. The van der Waals surface area contributed by atoms with E-state index in [1.807, 2.05) is 0 Å². The van der Waals surface area contributed by atoms with E-state index >= 15 is 0 Å². The van der Waals surface area contributed by atoms with Gasteiger partial charge in [-0.3, -0.25) is 0 Å². The van der Waals surface area contributed by atoms with Crippen molar-refractivity contribution in [2.24, 2.45) is 0 Å². The molecule has 268 valence electrons. The van der Waals surface area contributed by atoms with Gasteiger partial charge in [0, 0.05) is 16.9 Å². The van der Waals surface area contributed by atoms with Crippen LogP contribution in [0.3, 0.4) is 0 Å². The highest BCUT2D eigenvalue weighted by molar-refractivity contribution is 6.07. The third-order valence-corrected chi connectivity index (χ3v) is 11.0. The van der Waals surface area contributed by atoms with Crippen LogP contribution in [0.15, 0.2) is 237 Å². The summed E-state index contributed by atoms with van der Waals surface area (Å²) >= 11 is 0. The molecule has 0 heterocycles. The Labute approximate surface area is 334 Å². The summed E-state index contributed by atoms with van der Waals surface area (Å²) in [5.74, 6) is 0. The number of rotatable bonds is 8. The normalized spacial score (nSPS) is 11.2. The molecule has 0 aromatic heterocycles. The average Bonchev–Trinajstić information content (AvgIpc) is 3.30. The summed E-state index contributed by atoms with van der Waals surface area (Å²) in [6.45, 7) is 0. The minimum Gasteiger partial charge on any atom is -0.310 e.